The molecule has 3 aromatic rings. The van der Waals surface area contributed by atoms with Crippen molar-refractivity contribution < 1.29 is 14.3 Å². The zero-order chi connectivity index (χ0) is 19.9. The standard InChI is InChI=1S/C20H21N5O3/c1-3-24(4-2)19(26)18(15-10-6-5-7-11-15)28-20(27)16-12-8-9-13-17(16)25-14-21-22-23-25/h5-14,18H,3-4H2,1-2H3/t18-/m1/s1. The van der Waals surface area contributed by atoms with Crippen molar-refractivity contribution in [3.63, 3.8) is 0 Å². The average Bonchev–Trinajstić information content (AvgIpc) is 3.28. The summed E-state index contributed by atoms with van der Waals surface area (Å²) in [6.45, 7) is 4.82. The summed E-state index contributed by atoms with van der Waals surface area (Å²) >= 11 is 0. The predicted molar refractivity (Wildman–Crippen MR) is 102 cm³/mol. The molecule has 8 nitrogen and oxygen atoms in total. The Bertz CT molecular complexity index is 924. The molecule has 1 aromatic heterocycles. The van der Waals surface area contributed by atoms with Crippen LogP contribution in [0.3, 0.4) is 0 Å². The van der Waals surface area contributed by atoms with E-state index in [0.29, 0.717) is 24.3 Å². The van der Waals surface area contributed by atoms with Crippen molar-refractivity contribution in [1.82, 2.24) is 25.1 Å². The van der Waals surface area contributed by atoms with Crippen LogP contribution in [-0.4, -0.2) is 50.1 Å². The van der Waals surface area contributed by atoms with Crippen molar-refractivity contribution in [2.75, 3.05) is 13.1 Å². The molecule has 0 aliphatic rings. The first-order valence-corrected chi connectivity index (χ1v) is 9.02. The Morgan fingerprint density at radius 3 is 2.36 bits per heavy atom. The first-order chi connectivity index (χ1) is 13.7. The second kappa shape index (κ2) is 8.90. The smallest absolute Gasteiger partial charge is 0.341 e. The van der Waals surface area contributed by atoms with Crippen molar-refractivity contribution in [3.05, 3.63) is 72.1 Å². The van der Waals surface area contributed by atoms with Crippen LogP contribution >= 0.6 is 0 Å². The summed E-state index contributed by atoms with van der Waals surface area (Å²) in [7, 11) is 0. The maximum Gasteiger partial charge on any atom is 0.341 e. The van der Waals surface area contributed by atoms with Gasteiger partial charge in [0.25, 0.3) is 5.91 Å². The van der Waals surface area contributed by atoms with E-state index < -0.39 is 12.1 Å². The van der Waals surface area contributed by atoms with E-state index in [2.05, 4.69) is 15.5 Å². The number of benzene rings is 2. The van der Waals surface area contributed by atoms with Gasteiger partial charge in [-0.1, -0.05) is 42.5 Å². The summed E-state index contributed by atoms with van der Waals surface area (Å²) in [5, 5.41) is 11.0. The summed E-state index contributed by atoms with van der Waals surface area (Å²) in [6.07, 6.45) is 0.359. The largest absolute Gasteiger partial charge is 0.444 e. The fourth-order valence-electron chi connectivity index (χ4n) is 2.88. The summed E-state index contributed by atoms with van der Waals surface area (Å²) < 4.78 is 7.07. The Hall–Kier alpha value is -3.55. The molecule has 0 aliphatic heterocycles. The van der Waals surface area contributed by atoms with Gasteiger partial charge in [0.15, 0.2) is 0 Å². The number of nitrogens with zero attached hydrogens (tertiary/aromatic N) is 5. The third kappa shape index (κ3) is 4.06. The first-order valence-electron chi connectivity index (χ1n) is 9.02. The van der Waals surface area contributed by atoms with Crippen molar-refractivity contribution in [1.29, 1.82) is 0 Å². The van der Waals surface area contributed by atoms with Gasteiger partial charge >= 0.3 is 5.97 Å². The summed E-state index contributed by atoms with van der Waals surface area (Å²) in [6, 6.07) is 15.8. The van der Waals surface area contributed by atoms with Crippen LogP contribution in [-0.2, 0) is 9.53 Å². The highest BCUT2D eigenvalue weighted by molar-refractivity contribution is 5.95. The molecule has 0 radical (unpaired) electrons. The zero-order valence-corrected chi connectivity index (χ0v) is 15.7. The van der Waals surface area contributed by atoms with E-state index in [-0.39, 0.29) is 11.5 Å². The summed E-state index contributed by atoms with van der Waals surface area (Å²) in [4.78, 5) is 27.6. The average molecular weight is 379 g/mol. The van der Waals surface area contributed by atoms with E-state index in [1.807, 2.05) is 19.9 Å². The lowest BCUT2D eigenvalue weighted by Gasteiger charge is -2.25. The van der Waals surface area contributed by atoms with Gasteiger partial charge in [-0.15, -0.1) is 5.10 Å². The summed E-state index contributed by atoms with van der Waals surface area (Å²) in [5.41, 5.74) is 1.36. The monoisotopic (exact) mass is 379 g/mol. The molecule has 1 amide bonds. The number of esters is 1. The molecule has 0 spiro atoms. The minimum Gasteiger partial charge on any atom is -0.444 e. The minimum atomic E-state index is -1.03. The predicted octanol–water partition coefficient (Wildman–Crippen LogP) is 2.43. The maximum atomic E-state index is 13.0. The first kappa shape index (κ1) is 19.2. The normalized spacial score (nSPS) is 11.6. The van der Waals surface area contributed by atoms with E-state index in [4.69, 9.17) is 4.74 Å². The lowest BCUT2D eigenvalue weighted by Crippen LogP contribution is -2.36. The molecule has 144 valence electrons. The van der Waals surface area contributed by atoms with E-state index >= 15 is 0 Å². The van der Waals surface area contributed by atoms with Crippen molar-refractivity contribution in [2.45, 2.75) is 20.0 Å². The number of aromatic nitrogens is 4. The third-order valence-electron chi connectivity index (χ3n) is 4.35. The maximum absolute atomic E-state index is 13.0. The number of hydrogen-bond donors (Lipinski definition) is 0. The molecule has 28 heavy (non-hydrogen) atoms. The number of para-hydroxylation sites is 1. The molecule has 1 heterocycles. The number of ether oxygens (including phenoxy) is 1. The number of tetrazole rings is 1. The van der Waals surface area contributed by atoms with Crippen LogP contribution in [0.4, 0.5) is 0 Å². The number of hydrogen-bond acceptors (Lipinski definition) is 6. The lowest BCUT2D eigenvalue weighted by atomic mass is 10.1. The number of likely N-dealkylation sites (N-methyl/N-ethyl adjacent to an activating group) is 1. The highest BCUT2D eigenvalue weighted by Crippen LogP contribution is 2.24. The molecule has 0 saturated heterocycles. The van der Waals surface area contributed by atoms with Crippen molar-refractivity contribution >= 4 is 11.9 Å². The van der Waals surface area contributed by atoms with Crippen LogP contribution in [0.1, 0.15) is 35.9 Å². The van der Waals surface area contributed by atoms with Gasteiger partial charge in [0, 0.05) is 18.7 Å². The minimum absolute atomic E-state index is 0.260. The van der Waals surface area contributed by atoms with E-state index in [1.165, 1.54) is 11.0 Å². The number of amides is 1. The molecule has 0 unspecified atom stereocenters. The second-order valence-electron chi connectivity index (χ2n) is 5.98. The molecule has 8 heteroatoms. The highest BCUT2D eigenvalue weighted by atomic mass is 16.5. The van der Waals surface area contributed by atoms with Gasteiger partial charge in [0.1, 0.15) is 6.33 Å². The van der Waals surface area contributed by atoms with Crippen LogP contribution in [0.2, 0.25) is 0 Å². The molecule has 0 aliphatic carbocycles. The molecule has 0 N–H and O–H groups in total. The molecular weight excluding hydrogens is 358 g/mol. The Morgan fingerprint density at radius 1 is 1.04 bits per heavy atom. The lowest BCUT2D eigenvalue weighted by molar-refractivity contribution is -0.140. The van der Waals surface area contributed by atoms with Gasteiger partial charge in [0.2, 0.25) is 6.10 Å². The highest BCUT2D eigenvalue weighted by Gasteiger charge is 2.29. The molecular formula is C20H21N5O3. The van der Waals surface area contributed by atoms with Crippen LogP contribution in [0, 0.1) is 0 Å². The van der Waals surface area contributed by atoms with Gasteiger partial charge in [-0.05, 0) is 36.4 Å². The molecule has 0 saturated carbocycles. The molecule has 2 aromatic carbocycles. The molecule has 1 atom stereocenters. The quantitative estimate of drug-likeness (QED) is 0.586. The van der Waals surface area contributed by atoms with Gasteiger partial charge in [-0.3, -0.25) is 4.79 Å². The van der Waals surface area contributed by atoms with Gasteiger partial charge in [-0.25, -0.2) is 4.79 Å². The molecule has 0 bridgehead atoms. The third-order valence-corrected chi connectivity index (χ3v) is 4.35. The van der Waals surface area contributed by atoms with Gasteiger partial charge < -0.3 is 9.64 Å². The van der Waals surface area contributed by atoms with Crippen LogP contribution in [0.15, 0.2) is 60.9 Å². The van der Waals surface area contributed by atoms with Crippen molar-refractivity contribution in [3.8, 4) is 5.69 Å². The van der Waals surface area contributed by atoms with Gasteiger partial charge in [-0.2, -0.15) is 4.68 Å². The molecule has 3 rings (SSSR count). The van der Waals surface area contributed by atoms with E-state index in [0.717, 1.165) is 0 Å². The Balaban J connectivity index is 1.94. The number of carbonyl (C=O) groups excluding carboxylic acids is 2. The van der Waals surface area contributed by atoms with E-state index in [1.54, 1.807) is 53.4 Å². The summed E-state index contributed by atoms with van der Waals surface area (Å²) in [5.74, 6) is -0.884. The second-order valence-corrected chi connectivity index (χ2v) is 5.98. The fraction of sp³-hybridized carbons (Fsp3) is 0.250. The van der Waals surface area contributed by atoms with Crippen LogP contribution < -0.4 is 0 Å². The van der Waals surface area contributed by atoms with Gasteiger partial charge in [0.05, 0.1) is 11.3 Å². The SMILES string of the molecule is CCN(CC)C(=O)[C@H](OC(=O)c1ccccc1-n1cnnn1)c1ccccc1. The fourth-order valence-corrected chi connectivity index (χ4v) is 2.88. The van der Waals surface area contributed by atoms with Crippen molar-refractivity contribution in [2.24, 2.45) is 0 Å². The zero-order valence-electron chi connectivity index (χ0n) is 15.7. The van der Waals surface area contributed by atoms with E-state index in [9.17, 15) is 9.59 Å². The van der Waals surface area contributed by atoms with Crippen LogP contribution in [0.5, 0.6) is 0 Å². The molecule has 0 fully saturated rings. The van der Waals surface area contributed by atoms with Crippen LogP contribution in [0.25, 0.3) is 5.69 Å². The topological polar surface area (TPSA) is 90.2 Å². The number of carbonyl (C=O) groups is 2. The Morgan fingerprint density at radius 2 is 1.71 bits per heavy atom. The number of rotatable bonds is 7. The Labute approximate surface area is 162 Å². The Kier molecular flexibility index (Phi) is 6.11.